The highest BCUT2D eigenvalue weighted by Crippen LogP contribution is 2.06. The average Bonchev–Trinajstić information content (AvgIpc) is 1.96. The largest absolute Gasteiger partial charge is 0.444 e. The van der Waals surface area contributed by atoms with E-state index >= 15 is 0 Å². The topological polar surface area (TPSA) is 50.4 Å². The number of carbonyl (C=O) groups excluding carboxylic acids is 1. The van der Waals surface area contributed by atoms with E-state index < -0.39 is 11.7 Å². The van der Waals surface area contributed by atoms with Crippen LogP contribution in [0.2, 0.25) is 0 Å². The van der Waals surface area contributed by atoms with Crippen LogP contribution < -0.4 is 10.6 Å². The molecule has 4 heteroatoms. The van der Waals surface area contributed by atoms with Crippen LogP contribution in [-0.4, -0.2) is 18.2 Å². The van der Waals surface area contributed by atoms with Crippen molar-refractivity contribution in [1.29, 1.82) is 0 Å². The van der Waals surface area contributed by atoms with Gasteiger partial charge < -0.3 is 10.1 Å². The van der Waals surface area contributed by atoms with Crippen LogP contribution in [0.4, 0.5) is 4.79 Å². The highest BCUT2D eigenvalue weighted by molar-refractivity contribution is 5.69. The Morgan fingerprint density at radius 1 is 1.57 bits per heavy atom. The Morgan fingerprint density at radius 3 is 2.57 bits per heavy atom. The summed E-state index contributed by atoms with van der Waals surface area (Å²) >= 11 is 0. The van der Waals surface area contributed by atoms with E-state index in [9.17, 15) is 4.79 Å². The first-order valence-corrected chi connectivity index (χ1v) is 4.21. The predicted molar refractivity (Wildman–Crippen MR) is 55.3 cm³/mol. The van der Waals surface area contributed by atoms with Crippen LogP contribution in [0, 0.1) is 12.3 Å². The molecule has 78 valence electrons. The summed E-state index contributed by atoms with van der Waals surface area (Å²) in [7, 11) is 0. The quantitative estimate of drug-likeness (QED) is 0.667. The van der Waals surface area contributed by atoms with Crippen LogP contribution in [0.3, 0.4) is 0 Å². The molecule has 0 aliphatic heterocycles. The lowest BCUT2D eigenvalue weighted by Crippen LogP contribution is -2.35. The van der Waals surface area contributed by atoms with E-state index in [-0.39, 0.29) is 0 Å². The van der Waals surface area contributed by atoms with E-state index in [4.69, 9.17) is 11.2 Å². The molecule has 0 radical (unpaired) electrons. The molecule has 1 amide bonds. The first-order chi connectivity index (χ1) is 6.35. The molecule has 0 bridgehead atoms. The number of alkyl carbamates (subject to hydrolysis) is 1. The van der Waals surface area contributed by atoms with E-state index in [1.165, 1.54) is 0 Å². The van der Waals surface area contributed by atoms with Gasteiger partial charge in [-0.05, 0) is 20.8 Å². The van der Waals surface area contributed by atoms with Crippen molar-refractivity contribution in [3.8, 4) is 12.3 Å². The third-order valence-corrected chi connectivity index (χ3v) is 1.06. The average molecular weight is 196 g/mol. The normalized spacial score (nSPS) is 9.86. The summed E-state index contributed by atoms with van der Waals surface area (Å²) in [6.07, 6.45) is 4.46. The van der Waals surface area contributed by atoms with Gasteiger partial charge in [-0.1, -0.05) is 12.5 Å². The van der Waals surface area contributed by atoms with E-state index in [1.807, 2.05) is 0 Å². The standard InChI is InChI=1S/C10H16N2O2/c1-6-7-11-8(2)12-9(13)14-10(3,4)5/h1,11H,2,7H2,3-5H3,(H,12,13). The Labute approximate surface area is 84.7 Å². The number of rotatable bonds is 3. The number of amides is 1. The monoisotopic (exact) mass is 196 g/mol. The van der Waals surface area contributed by atoms with Crippen LogP contribution in [-0.2, 0) is 4.74 Å². The van der Waals surface area contributed by atoms with Gasteiger partial charge in [0.25, 0.3) is 0 Å². The molecule has 0 saturated heterocycles. The first-order valence-electron chi connectivity index (χ1n) is 4.21. The summed E-state index contributed by atoms with van der Waals surface area (Å²) in [6, 6.07) is 0. The molecular weight excluding hydrogens is 180 g/mol. The lowest BCUT2D eigenvalue weighted by atomic mass is 10.2. The second-order valence-electron chi connectivity index (χ2n) is 3.66. The van der Waals surface area contributed by atoms with E-state index in [0.29, 0.717) is 12.4 Å². The van der Waals surface area contributed by atoms with Crippen molar-refractivity contribution in [2.45, 2.75) is 26.4 Å². The van der Waals surface area contributed by atoms with E-state index in [0.717, 1.165) is 0 Å². The molecule has 0 aliphatic rings. The fourth-order valence-electron chi connectivity index (χ4n) is 0.629. The first kappa shape index (κ1) is 12.4. The number of ether oxygens (including phenoxy) is 1. The lowest BCUT2D eigenvalue weighted by Gasteiger charge is -2.20. The molecule has 0 rings (SSSR count). The molecule has 0 atom stereocenters. The van der Waals surface area contributed by atoms with Gasteiger partial charge in [0, 0.05) is 0 Å². The molecule has 0 saturated carbocycles. The predicted octanol–water partition coefficient (Wildman–Crippen LogP) is 1.21. The highest BCUT2D eigenvalue weighted by Gasteiger charge is 2.16. The number of hydrogen-bond acceptors (Lipinski definition) is 3. The Balaban J connectivity index is 3.85. The van der Waals surface area contributed by atoms with Gasteiger partial charge in [0.1, 0.15) is 11.4 Å². The minimum absolute atomic E-state index is 0.314. The van der Waals surface area contributed by atoms with Crippen molar-refractivity contribution >= 4 is 6.09 Å². The fraction of sp³-hybridized carbons (Fsp3) is 0.500. The van der Waals surface area contributed by atoms with Gasteiger partial charge >= 0.3 is 6.09 Å². The Hall–Kier alpha value is -1.63. The van der Waals surface area contributed by atoms with Crippen molar-refractivity contribution in [1.82, 2.24) is 10.6 Å². The summed E-state index contributed by atoms with van der Waals surface area (Å²) < 4.78 is 4.99. The molecule has 0 fully saturated rings. The molecule has 0 aromatic rings. The van der Waals surface area contributed by atoms with Gasteiger partial charge in [0.15, 0.2) is 0 Å². The molecule has 14 heavy (non-hydrogen) atoms. The summed E-state index contributed by atoms with van der Waals surface area (Å²) in [5, 5.41) is 5.12. The summed E-state index contributed by atoms with van der Waals surface area (Å²) in [4.78, 5) is 11.1. The fourth-order valence-corrected chi connectivity index (χ4v) is 0.629. The molecule has 0 aliphatic carbocycles. The zero-order chi connectivity index (χ0) is 11.2. The molecular formula is C10H16N2O2. The number of hydrogen-bond donors (Lipinski definition) is 2. The van der Waals surface area contributed by atoms with Crippen molar-refractivity contribution in [2.75, 3.05) is 6.54 Å². The van der Waals surface area contributed by atoms with Crippen molar-refractivity contribution < 1.29 is 9.53 Å². The summed E-state index contributed by atoms with van der Waals surface area (Å²) in [5.74, 6) is 2.69. The maximum absolute atomic E-state index is 11.1. The molecule has 0 spiro atoms. The van der Waals surface area contributed by atoms with Gasteiger partial charge in [0.2, 0.25) is 0 Å². The maximum Gasteiger partial charge on any atom is 0.413 e. The third kappa shape index (κ3) is 7.04. The zero-order valence-electron chi connectivity index (χ0n) is 8.81. The Bertz CT molecular complexity index is 258. The van der Waals surface area contributed by atoms with Gasteiger partial charge in [-0.3, -0.25) is 5.32 Å². The number of nitrogens with one attached hydrogen (secondary N) is 2. The Kier molecular flexibility index (Phi) is 4.57. The van der Waals surface area contributed by atoms with Crippen LogP contribution in [0.1, 0.15) is 20.8 Å². The number of carbonyl (C=O) groups is 1. The summed E-state index contributed by atoms with van der Waals surface area (Å²) in [6.45, 7) is 9.20. The maximum atomic E-state index is 11.1. The molecule has 0 heterocycles. The molecule has 2 N–H and O–H groups in total. The second kappa shape index (κ2) is 5.18. The minimum Gasteiger partial charge on any atom is -0.444 e. The van der Waals surface area contributed by atoms with Crippen LogP contribution in [0.15, 0.2) is 12.4 Å². The van der Waals surface area contributed by atoms with Gasteiger partial charge in [-0.15, -0.1) is 6.42 Å². The molecule has 0 unspecified atom stereocenters. The van der Waals surface area contributed by atoms with Crippen LogP contribution in [0.5, 0.6) is 0 Å². The van der Waals surface area contributed by atoms with Crippen molar-refractivity contribution in [3.05, 3.63) is 12.4 Å². The van der Waals surface area contributed by atoms with Crippen molar-refractivity contribution in [2.24, 2.45) is 0 Å². The lowest BCUT2D eigenvalue weighted by molar-refractivity contribution is 0.0543. The van der Waals surface area contributed by atoms with Crippen LogP contribution >= 0.6 is 0 Å². The Morgan fingerprint density at radius 2 is 2.14 bits per heavy atom. The SMILES string of the molecule is C#CCNC(=C)NC(=O)OC(C)(C)C. The van der Waals surface area contributed by atoms with Gasteiger partial charge in [-0.2, -0.15) is 0 Å². The van der Waals surface area contributed by atoms with Crippen LogP contribution in [0.25, 0.3) is 0 Å². The zero-order valence-corrected chi connectivity index (χ0v) is 8.81. The smallest absolute Gasteiger partial charge is 0.413 e. The highest BCUT2D eigenvalue weighted by atomic mass is 16.6. The van der Waals surface area contributed by atoms with Crippen molar-refractivity contribution in [3.63, 3.8) is 0 Å². The minimum atomic E-state index is -0.549. The van der Waals surface area contributed by atoms with E-state index in [1.54, 1.807) is 20.8 Å². The molecule has 4 nitrogen and oxygen atoms in total. The molecule has 0 aromatic heterocycles. The third-order valence-electron chi connectivity index (χ3n) is 1.06. The molecule has 0 aromatic carbocycles. The second-order valence-corrected chi connectivity index (χ2v) is 3.66. The van der Waals surface area contributed by atoms with E-state index in [2.05, 4.69) is 23.1 Å². The summed E-state index contributed by atoms with van der Waals surface area (Å²) in [5.41, 5.74) is -0.517. The van der Waals surface area contributed by atoms with Gasteiger partial charge in [0.05, 0.1) is 6.54 Å². The van der Waals surface area contributed by atoms with Gasteiger partial charge in [-0.25, -0.2) is 4.79 Å². The number of terminal acetylenes is 1.